The highest BCUT2D eigenvalue weighted by Gasteiger charge is 2.11. The molecule has 0 bridgehead atoms. The van der Waals surface area contributed by atoms with Gasteiger partial charge in [0, 0.05) is 12.2 Å². The molecule has 0 atom stereocenters. The van der Waals surface area contributed by atoms with Crippen molar-refractivity contribution < 1.29 is 14.3 Å². The van der Waals surface area contributed by atoms with E-state index < -0.39 is 11.7 Å². The third kappa shape index (κ3) is 3.33. The highest BCUT2D eigenvalue weighted by atomic mass is 19.1. The van der Waals surface area contributed by atoms with Gasteiger partial charge in [-0.05, 0) is 29.3 Å². The molecule has 0 spiro atoms. The first-order chi connectivity index (χ1) is 9.60. The Morgan fingerprint density at radius 1 is 1.20 bits per heavy atom. The second-order valence-corrected chi connectivity index (χ2v) is 4.40. The van der Waals surface area contributed by atoms with Gasteiger partial charge in [0.2, 0.25) is 0 Å². The summed E-state index contributed by atoms with van der Waals surface area (Å²) in [6.45, 7) is 0.187. The van der Waals surface area contributed by atoms with Crippen LogP contribution in [0.3, 0.4) is 0 Å². The fourth-order valence-electron chi connectivity index (χ4n) is 1.83. The quantitative estimate of drug-likeness (QED) is 0.744. The minimum absolute atomic E-state index is 0.0639. The zero-order valence-electron chi connectivity index (χ0n) is 10.8. The lowest BCUT2D eigenvalue weighted by Crippen LogP contribution is -2.24. The molecule has 0 aliphatic carbocycles. The second kappa shape index (κ2) is 6.16. The van der Waals surface area contributed by atoms with E-state index in [4.69, 9.17) is 10.8 Å². The normalized spacial score (nSPS) is 10.3. The number of hydrogen-bond acceptors (Lipinski definition) is 3. The number of aliphatic hydroxyl groups excluding tert-OH is 1. The number of amides is 1. The number of halogens is 1. The average molecular weight is 274 g/mol. The Labute approximate surface area is 116 Å². The van der Waals surface area contributed by atoms with Crippen LogP contribution in [0.2, 0.25) is 0 Å². The molecule has 0 heterocycles. The molecule has 4 nitrogen and oxygen atoms in total. The maximum Gasteiger partial charge on any atom is 0.254 e. The zero-order chi connectivity index (χ0) is 14.5. The number of rotatable bonds is 4. The summed E-state index contributed by atoms with van der Waals surface area (Å²) in [6, 6.07) is 11.0. The van der Waals surface area contributed by atoms with Crippen molar-refractivity contribution in [2.24, 2.45) is 0 Å². The lowest BCUT2D eigenvalue weighted by Gasteiger charge is -2.08. The SMILES string of the molecule is Nc1ccc(F)c(C(=O)NCc2cccc(CO)c2)c1. The van der Waals surface area contributed by atoms with Crippen molar-refractivity contribution in [2.75, 3.05) is 5.73 Å². The summed E-state index contributed by atoms with van der Waals surface area (Å²) in [5.41, 5.74) is 7.37. The van der Waals surface area contributed by atoms with Crippen LogP contribution in [0.5, 0.6) is 0 Å². The van der Waals surface area contributed by atoms with Gasteiger partial charge in [0.1, 0.15) is 5.82 Å². The van der Waals surface area contributed by atoms with E-state index in [2.05, 4.69) is 5.32 Å². The van der Waals surface area contributed by atoms with Gasteiger partial charge in [-0.3, -0.25) is 4.79 Å². The lowest BCUT2D eigenvalue weighted by atomic mass is 10.1. The Balaban J connectivity index is 2.06. The van der Waals surface area contributed by atoms with E-state index in [9.17, 15) is 9.18 Å². The van der Waals surface area contributed by atoms with Crippen molar-refractivity contribution in [3.8, 4) is 0 Å². The minimum Gasteiger partial charge on any atom is -0.399 e. The molecule has 2 aromatic rings. The first kappa shape index (κ1) is 14.0. The molecule has 20 heavy (non-hydrogen) atoms. The zero-order valence-corrected chi connectivity index (χ0v) is 10.8. The molecule has 0 unspecified atom stereocenters. The number of aliphatic hydroxyl groups is 1. The molecule has 0 aromatic heterocycles. The van der Waals surface area contributed by atoms with Crippen LogP contribution >= 0.6 is 0 Å². The number of nitrogens with one attached hydrogen (secondary N) is 1. The highest BCUT2D eigenvalue weighted by Crippen LogP contribution is 2.12. The van der Waals surface area contributed by atoms with E-state index in [1.165, 1.54) is 12.1 Å². The van der Waals surface area contributed by atoms with Crippen LogP contribution in [-0.4, -0.2) is 11.0 Å². The minimum atomic E-state index is -0.610. The Hall–Kier alpha value is -2.40. The van der Waals surface area contributed by atoms with Gasteiger partial charge in [0.05, 0.1) is 12.2 Å². The van der Waals surface area contributed by atoms with Crippen LogP contribution in [0.15, 0.2) is 42.5 Å². The maximum absolute atomic E-state index is 13.5. The van der Waals surface area contributed by atoms with E-state index in [0.717, 1.165) is 17.2 Å². The van der Waals surface area contributed by atoms with Gasteiger partial charge in [-0.1, -0.05) is 24.3 Å². The monoisotopic (exact) mass is 274 g/mol. The Morgan fingerprint density at radius 2 is 1.95 bits per heavy atom. The van der Waals surface area contributed by atoms with Gasteiger partial charge in [0.25, 0.3) is 5.91 Å². The van der Waals surface area contributed by atoms with Gasteiger partial charge in [0.15, 0.2) is 0 Å². The third-order valence-electron chi connectivity index (χ3n) is 2.86. The van der Waals surface area contributed by atoms with Crippen LogP contribution in [0.4, 0.5) is 10.1 Å². The summed E-state index contributed by atoms with van der Waals surface area (Å²) < 4.78 is 13.5. The van der Waals surface area contributed by atoms with Crippen LogP contribution < -0.4 is 11.1 Å². The number of carbonyl (C=O) groups excluding carboxylic acids is 1. The molecule has 5 heteroatoms. The second-order valence-electron chi connectivity index (χ2n) is 4.40. The molecule has 104 valence electrons. The van der Waals surface area contributed by atoms with E-state index in [1.807, 2.05) is 6.07 Å². The first-order valence-corrected chi connectivity index (χ1v) is 6.12. The molecular weight excluding hydrogens is 259 g/mol. The van der Waals surface area contributed by atoms with Gasteiger partial charge < -0.3 is 16.2 Å². The van der Waals surface area contributed by atoms with E-state index in [1.54, 1.807) is 18.2 Å². The summed E-state index contributed by atoms with van der Waals surface area (Å²) >= 11 is 0. The van der Waals surface area contributed by atoms with E-state index in [-0.39, 0.29) is 18.7 Å². The molecular formula is C15H15FN2O2. The van der Waals surface area contributed by atoms with Gasteiger partial charge in [-0.25, -0.2) is 4.39 Å². The first-order valence-electron chi connectivity index (χ1n) is 6.12. The predicted octanol–water partition coefficient (Wildman–Crippen LogP) is 1.83. The van der Waals surface area contributed by atoms with Crippen LogP contribution in [0.1, 0.15) is 21.5 Å². The summed E-state index contributed by atoms with van der Waals surface area (Å²) in [5.74, 6) is -1.13. The predicted molar refractivity (Wildman–Crippen MR) is 74.3 cm³/mol. The lowest BCUT2D eigenvalue weighted by molar-refractivity contribution is 0.0947. The number of carbonyl (C=O) groups is 1. The molecule has 4 N–H and O–H groups in total. The fraction of sp³-hybridized carbons (Fsp3) is 0.133. The topological polar surface area (TPSA) is 75.4 Å². The molecule has 2 rings (SSSR count). The average Bonchev–Trinajstić information content (AvgIpc) is 2.47. The van der Waals surface area contributed by atoms with Crippen LogP contribution in [-0.2, 0) is 13.2 Å². The Bertz CT molecular complexity index is 629. The highest BCUT2D eigenvalue weighted by molar-refractivity contribution is 5.95. The van der Waals surface area contributed by atoms with Gasteiger partial charge in [-0.15, -0.1) is 0 Å². The van der Waals surface area contributed by atoms with E-state index >= 15 is 0 Å². The summed E-state index contributed by atoms with van der Waals surface area (Å²) in [4.78, 5) is 11.9. The molecule has 0 aliphatic heterocycles. The van der Waals surface area contributed by atoms with Gasteiger partial charge >= 0.3 is 0 Å². The van der Waals surface area contributed by atoms with Crippen molar-refractivity contribution >= 4 is 11.6 Å². The molecule has 1 amide bonds. The number of benzene rings is 2. The van der Waals surface area contributed by atoms with E-state index in [0.29, 0.717) is 5.69 Å². The summed E-state index contributed by atoms with van der Waals surface area (Å²) in [5, 5.41) is 11.7. The molecule has 0 aliphatic rings. The smallest absolute Gasteiger partial charge is 0.254 e. The number of anilines is 1. The molecule has 0 fully saturated rings. The third-order valence-corrected chi connectivity index (χ3v) is 2.86. The number of nitrogens with two attached hydrogens (primary N) is 1. The molecule has 2 aromatic carbocycles. The van der Waals surface area contributed by atoms with Crippen molar-refractivity contribution in [1.29, 1.82) is 0 Å². The van der Waals surface area contributed by atoms with Crippen molar-refractivity contribution in [3.05, 3.63) is 65.0 Å². The van der Waals surface area contributed by atoms with Crippen molar-refractivity contribution in [1.82, 2.24) is 5.32 Å². The summed E-state index contributed by atoms with van der Waals surface area (Å²) in [6.07, 6.45) is 0. The Kier molecular flexibility index (Phi) is 4.32. The van der Waals surface area contributed by atoms with Crippen molar-refractivity contribution in [2.45, 2.75) is 13.2 Å². The molecule has 0 saturated carbocycles. The van der Waals surface area contributed by atoms with Gasteiger partial charge in [-0.2, -0.15) is 0 Å². The number of hydrogen-bond donors (Lipinski definition) is 3. The van der Waals surface area contributed by atoms with Crippen LogP contribution in [0, 0.1) is 5.82 Å². The largest absolute Gasteiger partial charge is 0.399 e. The van der Waals surface area contributed by atoms with Crippen LogP contribution in [0.25, 0.3) is 0 Å². The van der Waals surface area contributed by atoms with Crippen molar-refractivity contribution in [3.63, 3.8) is 0 Å². The maximum atomic E-state index is 13.5. The number of nitrogen functional groups attached to an aromatic ring is 1. The fourth-order valence-corrected chi connectivity index (χ4v) is 1.83. The standard InChI is InChI=1S/C15H15FN2O2/c16-14-5-4-12(17)7-13(14)15(20)18-8-10-2-1-3-11(6-10)9-19/h1-7,19H,8-9,17H2,(H,18,20). The summed E-state index contributed by atoms with van der Waals surface area (Å²) in [7, 11) is 0. The molecule has 0 saturated heterocycles. The molecule has 0 radical (unpaired) electrons. The Morgan fingerprint density at radius 3 is 2.70 bits per heavy atom.